The molecular weight excluding hydrogens is 374 g/mol. The number of carbonyl (C=O) groups excluding carboxylic acids is 4. The Kier molecular flexibility index (Phi) is 6.36. The zero-order chi connectivity index (χ0) is 21.0. The summed E-state index contributed by atoms with van der Waals surface area (Å²) < 4.78 is 0. The van der Waals surface area contributed by atoms with E-state index < -0.39 is 11.8 Å². The van der Waals surface area contributed by atoms with Crippen LogP contribution >= 0.6 is 0 Å². The van der Waals surface area contributed by atoms with Gasteiger partial charge >= 0.3 is 17.8 Å². The lowest BCUT2D eigenvalue weighted by atomic mass is 10.2. The van der Waals surface area contributed by atoms with Gasteiger partial charge in [0.1, 0.15) is 0 Å². The van der Waals surface area contributed by atoms with Gasteiger partial charge in [-0.05, 0) is 37.5 Å². The summed E-state index contributed by atoms with van der Waals surface area (Å²) in [7, 11) is 0. The Morgan fingerprint density at radius 2 is 1.34 bits per heavy atom. The molecule has 0 bridgehead atoms. The SMILES string of the molecule is CC(=O)Nc1ccc(C)c(NC(=O)N2CCN(C(=O)C(=O)N3CCCC3)CC2)c1. The monoisotopic (exact) mass is 401 g/mol. The summed E-state index contributed by atoms with van der Waals surface area (Å²) in [5.41, 5.74) is 2.09. The van der Waals surface area contributed by atoms with E-state index in [4.69, 9.17) is 0 Å². The highest BCUT2D eigenvalue weighted by molar-refractivity contribution is 6.35. The molecule has 0 saturated carbocycles. The fourth-order valence-electron chi connectivity index (χ4n) is 3.54. The molecule has 9 heteroatoms. The van der Waals surface area contributed by atoms with E-state index in [-0.39, 0.29) is 11.9 Å². The fourth-order valence-corrected chi connectivity index (χ4v) is 3.54. The number of anilines is 2. The van der Waals surface area contributed by atoms with Gasteiger partial charge in [-0.2, -0.15) is 0 Å². The van der Waals surface area contributed by atoms with Gasteiger partial charge in [0.2, 0.25) is 5.91 Å². The van der Waals surface area contributed by atoms with Gasteiger partial charge in [0.15, 0.2) is 0 Å². The summed E-state index contributed by atoms with van der Waals surface area (Å²) in [6, 6.07) is 5.03. The zero-order valence-electron chi connectivity index (χ0n) is 16.9. The molecule has 29 heavy (non-hydrogen) atoms. The summed E-state index contributed by atoms with van der Waals surface area (Å²) in [6.45, 7) is 5.95. The Morgan fingerprint density at radius 3 is 1.93 bits per heavy atom. The lowest BCUT2D eigenvalue weighted by Gasteiger charge is -2.35. The lowest BCUT2D eigenvalue weighted by Crippen LogP contribution is -2.54. The van der Waals surface area contributed by atoms with E-state index in [2.05, 4.69) is 10.6 Å². The van der Waals surface area contributed by atoms with Crippen LogP contribution in [0.1, 0.15) is 25.3 Å². The van der Waals surface area contributed by atoms with E-state index in [1.165, 1.54) is 11.8 Å². The number of hydrogen-bond acceptors (Lipinski definition) is 4. The molecule has 2 aliphatic rings. The van der Waals surface area contributed by atoms with Gasteiger partial charge in [0, 0.05) is 57.6 Å². The van der Waals surface area contributed by atoms with Crippen molar-refractivity contribution in [1.29, 1.82) is 0 Å². The van der Waals surface area contributed by atoms with Crippen LogP contribution in [0.3, 0.4) is 0 Å². The van der Waals surface area contributed by atoms with Gasteiger partial charge in [-0.3, -0.25) is 14.4 Å². The first-order valence-electron chi connectivity index (χ1n) is 9.87. The van der Waals surface area contributed by atoms with E-state index in [1.54, 1.807) is 21.9 Å². The summed E-state index contributed by atoms with van der Waals surface area (Å²) in [5.74, 6) is -1.10. The quantitative estimate of drug-likeness (QED) is 0.728. The van der Waals surface area contributed by atoms with Crippen molar-refractivity contribution < 1.29 is 19.2 Å². The second-order valence-electron chi connectivity index (χ2n) is 7.42. The van der Waals surface area contributed by atoms with Crippen LogP contribution in [0, 0.1) is 6.92 Å². The Morgan fingerprint density at radius 1 is 0.793 bits per heavy atom. The minimum absolute atomic E-state index is 0.185. The average Bonchev–Trinajstić information content (AvgIpc) is 3.24. The smallest absolute Gasteiger partial charge is 0.321 e. The van der Waals surface area contributed by atoms with Gasteiger partial charge in [-0.1, -0.05) is 6.07 Å². The molecule has 0 aromatic heterocycles. The summed E-state index contributed by atoms with van der Waals surface area (Å²) in [5, 5.41) is 5.56. The number of piperazine rings is 1. The average molecular weight is 401 g/mol. The van der Waals surface area contributed by atoms with E-state index in [1.807, 2.05) is 13.0 Å². The normalized spacial score (nSPS) is 16.6. The highest BCUT2D eigenvalue weighted by Gasteiger charge is 2.31. The molecule has 2 aliphatic heterocycles. The highest BCUT2D eigenvalue weighted by Crippen LogP contribution is 2.21. The predicted molar refractivity (Wildman–Crippen MR) is 108 cm³/mol. The first kappa shape index (κ1) is 20.6. The second kappa shape index (κ2) is 8.93. The molecule has 5 amide bonds. The molecule has 2 N–H and O–H groups in total. The first-order valence-corrected chi connectivity index (χ1v) is 9.87. The third kappa shape index (κ3) is 5.04. The number of carbonyl (C=O) groups is 4. The standard InChI is InChI=1S/C20H27N5O4/c1-14-5-6-16(21-15(2)26)13-17(14)22-20(29)25-11-9-24(10-12-25)19(28)18(27)23-7-3-4-8-23/h5-6,13H,3-4,7-12H2,1-2H3,(H,21,26)(H,22,29). The molecule has 2 heterocycles. The van der Waals surface area contributed by atoms with Crippen molar-refractivity contribution in [1.82, 2.24) is 14.7 Å². The van der Waals surface area contributed by atoms with Gasteiger partial charge < -0.3 is 25.3 Å². The number of amides is 5. The minimum Gasteiger partial charge on any atom is -0.334 e. The molecule has 2 fully saturated rings. The van der Waals surface area contributed by atoms with Gasteiger partial charge in [0.05, 0.1) is 0 Å². The number of urea groups is 1. The van der Waals surface area contributed by atoms with Gasteiger partial charge in [0.25, 0.3) is 0 Å². The van der Waals surface area contributed by atoms with E-state index >= 15 is 0 Å². The van der Waals surface area contributed by atoms with Crippen LogP contribution in [0.5, 0.6) is 0 Å². The molecule has 1 aromatic carbocycles. The van der Waals surface area contributed by atoms with Crippen molar-refractivity contribution in [2.24, 2.45) is 0 Å². The molecule has 0 atom stereocenters. The number of aryl methyl sites for hydroxylation is 1. The van der Waals surface area contributed by atoms with Crippen LogP contribution in [0.2, 0.25) is 0 Å². The van der Waals surface area contributed by atoms with E-state index in [0.29, 0.717) is 50.6 Å². The Balaban J connectivity index is 1.54. The molecule has 0 radical (unpaired) electrons. The van der Waals surface area contributed by atoms with E-state index in [0.717, 1.165) is 18.4 Å². The maximum Gasteiger partial charge on any atom is 0.321 e. The first-order chi connectivity index (χ1) is 13.8. The number of nitrogens with zero attached hydrogens (tertiary/aromatic N) is 3. The second-order valence-corrected chi connectivity index (χ2v) is 7.42. The lowest BCUT2D eigenvalue weighted by molar-refractivity contribution is -0.152. The Hall–Kier alpha value is -3.10. The van der Waals surface area contributed by atoms with Gasteiger partial charge in [-0.25, -0.2) is 4.79 Å². The summed E-state index contributed by atoms with van der Waals surface area (Å²) in [4.78, 5) is 53.3. The van der Waals surface area contributed by atoms with Crippen molar-refractivity contribution in [3.8, 4) is 0 Å². The number of likely N-dealkylation sites (tertiary alicyclic amines) is 1. The topological polar surface area (TPSA) is 102 Å². The third-order valence-corrected chi connectivity index (χ3v) is 5.23. The van der Waals surface area contributed by atoms with Crippen LogP contribution in [-0.4, -0.2) is 77.7 Å². The molecule has 1 aromatic rings. The molecular formula is C20H27N5O4. The van der Waals surface area contributed by atoms with E-state index in [9.17, 15) is 19.2 Å². The van der Waals surface area contributed by atoms with Crippen LogP contribution in [0.25, 0.3) is 0 Å². The maximum absolute atomic E-state index is 12.6. The Labute approximate surface area is 170 Å². The molecule has 0 spiro atoms. The zero-order valence-corrected chi connectivity index (χ0v) is 16.9. The Bertz CT molecular complexity index is 811. The maximum atomic E-state index is 12.6. The van der Waals surface area contributed by atoms with Crippen molar-refractivity contribution in [2.45, 2.75) is 26.7 Å². The van der Waals surface area contributed by atoms with Crippen molar-refractivity contribution in [3.05, 3.63) is 23.8 Å². The fraction of sp³-hybridized carbons (Fsp3) is 0.500. The van der Waals surface area contributed by atoms with Gasteiger partial charge in [-0.15, -0.1) is 0 Å². The van der Waals surface area contributed by atoms with Crippen molar-refractivity contribution >= 4 is 35.1 Å². The van der Waals surface area contributed by atoms with Crippen molar-refractivity contribution in [2.75, 3.05) is 49.9 Å². The number of nitrogens with one attached hydrogen (secondary N) is 2. The molecule has 0 aliphatic carbocycles. The number of rotatable bonds is 2. The van der Waals surface area contributed by atoms with Crippen LogP contribution in [0.15, 0.2) is 18.2 Å². The van der Waals surface area contributed by atoms with Crippen LogP contribution in [-0.2, 0) is 14.4 Å². The molecule has 0 unspecified atom stereocenters. The molecule has 2 saturated heterocycles. The van der Waals surface area contributed by atoms with Crippen LogP contribution < -0.4 is 10.6 Å². The van der Waals surface area contributed by atoms with Crippen LogP contribution in [0.4, 0.5) is 16.2 Å². The summed E-state index contributed by atoms with van der Waals surface area (Å²) >= 11 is 0. The van der Waals surface area contributed by atoms with Crippen molar-refractivity contribution in [3.63, 3.8) is 0 Å². The largest absolute Gasteiger partial charge is 0.334 e. The summed E-state index contributed by atoms with van der Waals surface area (Å²) in [6.07, 6.45) is 1.88. The molecule has 9 nitrogen and oxygen atoms in total. The number of hydrogen-bond donors (Lipinski definition) is 2. The number of benzene rings is 1. The predicted octanol–water partition coefficient (Wildman–Crippen LogP) is 1.25. The highest BCUT2D eigenvalue weighted by atomic mass is 16.2. The molecule has 156 valence electrons. The third-order valence-electron chi connectivity index (χ3n) is 5.23. The molecule has 3 rings (SSSR count). The minimum atomic E-state index is -0.481.